The van der Waals surface area contributed by atoms with Crippen molar-refractivity contribution in [3.63, 3.8) is 0 Å². The van der Waals surface area contributed by atoms with Crippen molar-refractivity contribution < 1.29 is 4.42 Å². The average molecular weight is 372 g/mol. The minimum atomic E-state index is 0.0254. The van der Waals surface area contributed by atoms with Crippen LogP contribution in [-0.2, 0) is 6.54 Å². The zero-order valence-corrected chi connectivity index (χ0v) is 13.4. The summed E-state index contributed by atoms with van der Waals surface area (Å²) in [5, 5.41) is 14.4. The van der Waals surface area contributed by atoms with Crippen LogP contribution in [0.15, 0.2) is 28.7 Å². The molecule has 0 bridgehead atoms. The molecule has 2 aromatic rings. The monoisotopic (exact) mass is 372 g/mol. The van der Waals surface area contributed by atoms with Gasteiger partial charge in [-0.3, -0.25) is 0 Å². The average Bonchev–Trinajstić information content (AvgIpc) is 2.73. The summed E-state index contributed by atoms with van der Waals surface area (Å²) in [6.07, 6.45) is 0. The highest BCUT2D eigenvalue weighted by molar-refractivity contribution is 14.1. The molecule has 0 aliphatic rings. The molecule has 0 amide bonds. The van der Waals surface area contributed by atoms with Gasteiger partial charge in [0.1, 0.15) is 0 Å². The summed E-state index contributed by atoms with van der Waals surface area (Å²) in [7, 11) is 0. The minimum absolute atomic E-state index is 0.0254. The number of halogens is 1. The van der Waals surface area contributed by atoms with E-state index in [0.717, 1.165) is 9.26 Å². The van der Waals surface area contributed by atoms with Crippen LogP contribution >= 0.6 is 22.6 Å². The van der Waals surface area contributed by atoms with Gasteiger partial charge in [-0.1, -0.05) is 11.2 Å². The number of hydrogen-bond donors (Lipinski definition) is 2. The number of aromatic nitrogens is 2. The Morgan fingerprint density at radius 3 is 2.74 bits per heavy atom. The van der Waals surface area contributed by atoms with E-state index in [-0.39, 0.29) is 5.54 Å². The molecule has 0 aliphatic heterocycles. The maximum Gasteiger partial charge on any atom is 0.320 e. The van der Waals surface area contributed by atoms with E-state index in [9.17, 15) is 0 Å². The fourth-order valence-electron chi connectivity index (χ4n) is 1.41. The summed E-state index contributed by atoms with van der Waals surface area (Å²) in [6.45, 7) is 6.84. The lowest BCUT2D eigenvalue weighted by atomic mass is 10.1. The zero-order chi connectivity index (χ0) is 13.9. The molecule has 0 atom stereocenters. The maximum absolute atomic E-state index is 5.52. The molecule has 1 aromatic carbocycles. The van der Waals surface area contributed by atoms with Gasteiger partial charge in [0.05, 0.1) is 6.54 Å². The van der Waals surface area contributed by atoms with Crippen LogP contribution < -0.4 is 10.6 Å². The molecule has 0 saturated carbocycles. The first kappa shape index (κ1) is 14.3. The van der Waals surface area contributed by atoms with Gasteiger partial charge in [-0.05, 0) is 61.6 Å². The quantitative estimate of drug-likeness (QED) is 0.807. The van der Waals surface area contributed by atoms with Gasteiger partial charge in [0.25, 0.3) is 0 Å². The molecule has 0 spiro atoms. The van der Waals surface area contributed by atoms with Crippen LogP contribution in [0.5, 0.6) is 0 Å². The lowest BCUT2D eigenvalue weighted by molar-refractivity contribution is 0.384. The van der Waals surface area contributed by atoms with Gasteiger partial charge in [-0.25, -0.2) is 0 Å². The summed E-state index contributed by atoms with van der Waals surface area (Å²) >= 11 is 2.26. The van der Waals surface area contributed by atoms with E-state index in [1.54, 1.807) is 0 Å². The smallest absolute Gasteiger partial charge is 0.320 e. The lowest BCUT2D eigenvalue weighted by Crippen LogP contribution is -2.35. The summed E-state index contributed by atoms with van der Waals surface area (Å²) in [5.74, 6) is 0.572. The molecule has 19 heavy (non-hydrogen) atoms. The lowest BCUT2D eigenvalue weighted by Gasteiger charge is -2.18. The largest absolute Gasteiger partial charge is 0.406 e. The molecule has 102 valence electrons. The topological polar surface area (TPSA) is 63.0 Å². The van der Waals surface area contributed by atoms with E-state index in [1.807, 2.05) is 24.3 Å². The molecule has 0 saturated heterocycles. The van der Waals surface area contributed by atoms with E-state index < -0.39 is 0 Å². The molecule has 2 N–H and O–H groups in total. The molecular weight excluding hydrogens is 355 g/mol. The van der Waals surface area contributed by atoms with E-state index in [2.05, 4.69) is 64.2 Å². The summed E-state index contributed by atoms with van der Waals surface area (Å²) in [4.78, 5) is 0. The van der Waals surface area contributed by atoms with Crippen LogP contribution in [-0.4, -0.2) is 15.7 Å². The normalized spacial score (nSPS) is 11.6. The second-order valence-electron chi connectivity index (χ2n) is 5.24. The molecule has 2 rings (SSSR count). The standard InChI is InChI=1S/C13H17IN4O/c1-13(2,3)15-8-11-17-18-12(19-11)16-10-6-4-5-9(14)7-10/h4-7,15H,8H2,1-3H3,(H,16,18). The van der Waals surface area contributed by atoms with Crippen molar-refractivity contribution in [1.82, 2.24) is 15.5 Å². The third-order valence-electron chi connectivity index (χ3n) is 2.31. The van der Waals surface area contributed by atoms with Crippen LogP contribution in [0.3, 0.4) is 0 Å². The van der Waals surface area contributed by atoms with E-state index >= 15 is 0 Å². The molecule has 6 heteroatoms. The molecular formula is C13H17IN4O. The van der Waals surface area contributed by atoms with Gasteiger partial charge in [0, 0.05) is 14.8 Å². The summed E-state index contributed by atoms with van der Waals surface area (Å²) < 4.78 is 6.67. The number of benzene rings is 1. The maximum atomic E-state index is 5.52. The van der Waals surface area contributed by atoms with Crippen LogP contribution in [0, 0.1) is 3.57 Å². The fraction of sp³-hybridized carbons (Fsp3) is 0.385. The first-order valence-corrected chi connectivity index (χ1v) is 7.10. The molecule has 0 aliphatic carbocycles. The molecule has 0 unspecified atom stereocenters. The van der Waals surface area contributed by atoms with Crippen molar-refractivity contribution in [2.45, 2.75) is 32.9 Å². The molecule has 5 nitrogen and oxygen atoms in total. The Kier molecular flexibility index (Phi) is 4.41. The van der Waals surface area contributed by atoms with Gasteiger partial charge in [-0.15, -0.1) is 5.10 Å². The second kappa shape index (κ2) is 5.87. The number of rotatable bonds is 4. The van der Waals surface area contributed by atoms with Gasteiger partial charge < -0.3 is 15.1 Å². The minimum Gasteiger partial charge on any atom is -0.406 e. The molecule has 0 fully saturated rings. The highest BCUT2D eigenvalue weighted by atomic mass is 127. The van der Waals surface area contributed by atoms with Crippen LogP contribution in [0.2, 0.25) is 0 Å². The van der Waals surface area contributed by atoms with Crippen molar-refractivity contribution in [1.29, 1.82) is 0 Å². The van der Waals surface area contributed by atoms with Crippen molar-refractivity contribution in [2.75, 3.05) is 5.32 Å². The first-order valence-electron chi connectivity index (χ1n) is 6.02. The fourth-order valence-corrected chi connectivity index (χ4v) is 1.95. The highest BCUT2D eigenvalue weighted by Gasteiger charge is 2.12. The third-order valence-corrected chi connectivity index (χ3v) is 2.98. The number of nitrogens with zero attached hydrogens (tertiary/aromatic N) is 2. The Balaban J connectivity index is 1.97. The summed E-state index contributed by atoms with van der Waals surface area (Å²) in [6, 6.07) is 8.38. The Hall–Kier alpha value is -1.15. The predicted octanol–water partition coefficient (Wildman–Crippen LogP) is 3.31. The Morgan fingerprint density at radius 2 is 2.05 bits per heavy atom. The van der Waals surface area contributed by atoms with Crippen molar-refractivity contribution in [3.8, 4) is 0 Å². The SMILES string of the molecule is CC(C)(C)NCc1nnc(Nc2cccc(I)c2)o1. The van der Waals surface area contributed by atoms with Crippen LogP contribution in [0.4, 0.5) is 11.7 Å². The molecule has 1 aromatic heterocycles. The number of hydrogen-bond acceptors (Lipinski definition) is 5. The van der Waals surface area contributed by atoms with Gasteiger partial charge in [-0.2, -0.15) is 0 Å². The van der Waals surface area contributed by atoms with Crippen LogP contribution in [0.25, 0.3) is 0 Å². The Morgan fingerprint density at radius 1 is 1.26 bits per heavy atom. The van der Waals surface area contributed by atoms with Crippen molar-refractivity contribution in [3.05, 3.63) is 33.7 Å². The van der Waals surface area contributed by atoms with E-state index in [0.29, 0.717) is 18.5 Å². The predicted molar refractivity (Wildman–Crippen MR) is 83.3 cm³/mol. The van der Waals surface area contributed by atoms with Gasteiger partial charge >= 0.3 is 6.01 Å². The van der Waals surface area contributed by atoms with Crippen LogP contribution in [0.1, 0.15) is 26.7 Å². The van der Waals surface area contributed by atoms with Crippen molar-refractivity contribution in [2.24, 2.45) is 0 Å². The number of nitrogens with one attached hydrogen (secondary N) is 2. The Labute approximate surface area is 126 Å². The zero-order valence-electron chi connectivity index (χ0n) is 11.2. The first-order chi connectivity index (χ1) is 8.92. The van der Waals surface area contributed by atoms with Gasteiger partial charge in [0.15, 0.2) is 0 Å². The Bertz CT molecular complexity index is 548. The van der Waals surface area contributed by atoms with Crippen molar-refractivity contribution >= 4 is 34.3 Å². The summed E-state index contributed by atoms with van der Waals surface area (Å²) in [5.41, 5.74) is 0.961. The third kappa shape index (κ3) is 4.79. The van der Waals surface area contributed by atoms with E-state index in [1.165, 1.54) is 0 Å². The number of anilines is 2. The van der Waals surface area contributed by atoms with E-state index in [4.69, 9.17) is 4.42 Å². The molecule has 1 heterocycles. The second-order valence-corrected chi connectivity index (χ2v) is 6.49. The molecule has 0 radical (unpaired) electrons. The van der Waals surface area contributed by atoms with Gasteiger partial charge in [0.2, 0.25) is 5.89 Å². The highest BCUT2D eigenvalue weighted by Crippen LogP contribution is 2.17.